The van der Waals surface area contributed by atoms with Crippen molar-refractivity contribution in [3.8, 4) is 0 Å². The minimum absolute atomic E-state index is 1.08. The van der Waals surface area contributed by atoms with E-state index >= 15 is 0 Å². The van der Waals surface area contributed by atoms with Gasteiger partial charge in [-0.05, 0) is 23.8 Å². The molecular weight excluding hydrogens is 280 g/mol. The maximum atomic E-state index is 3.97. The highest BCUT2D eigenvalue weighted by molar-refractivity contribution is 6.13. The van der Waals surface area contributed by atoms with Gasteiger partial charge < -0.3 is 9.88 Å². The first-order valence-corrected chi connectivity index (χ1v) is 7.74. The summed E-state index contributed by atoms with van der Waals surface area (Å²) in [6.45, 7) is 3.97. The molecule has 2 heteroatoms. The van der Waals surface area contributed by atoms with Crippen molar-refractivity contribution in [2.75, 3.05) is 5.32 Å². The zero-order valence-corrected chi connectivity index (χ0v) is 13.1. The van der Waals surface area contributed by atoms with E-state index in [9.17, 15) is 0 Å². The van der Waals surface area contributed by atoms with Crippen molar-refractivity contribution in [1.82, 2.24) is 4.57 Å². The third-order valence-electron chi connectivity index (χ3n) is 4.36. The van der Waals surface area contributed by atoms with Crippen LogP contribution in [0.2, 0.25) is 0 Å². The molecule has 1 N–H and O–H groups in total. The summed E-state index contributed by atoms with van der Waals surface area (Å²) >= 11 is 0. The number of hydrogen-bond donors (Lipinski definition) is 1. The summed E-state index contributed by atoms with van der Waals surface area (Å²) < 4.78 is 2.25. The maximum absolute atomic E-state index is 3.97. The fourth-order valence-electron chi connectivity index (χ4n) is 3.25. The van der Waals surface area contributed by atoms with Crippen LogP contribution in [0.1, 0.15) is 5.56 Å². The van der Waals surface area contributed by atoms with Gasteiger partial charge in [-0.1, -0.05) is 61.2 Å². The number of hydrogen-bond acceptors (Lipinski definition) is 1. The van der Waals surface area contributed by atoms with Crippen molar-refractivity contribution in [2.45, 2.75) is 0 Å². The zero-order valence-electron chi connectivity index (χ0n) is 13.1. The van der Waals surface area contributed by atoms with Gasteiger partial charge in [0, 0.05) is 29.0 Å². The first-order valence-electron chi connectivity index (χ1n) is 7.74. The molecule has 0 bridgehead atoms. The number of aromatic nitrogens is 1. The summed E-state index contributed by atoms with van der Waals surface area (Å²) in [6, 6.07) is 23.1. The Labute approximate surface area is 135 Å². The highest BCUT2D eigenvalue weighted by atomic mass is 15.0. The Hall–Kier alpha value is -3.00. The van der Waals surface area contributed by atoms with Crippen molar-refractivity contribution >= 4 is 39.3 Å². The van der Waals surface area contributed by atoms with Gasteiger partial charge >= 0.3 is 0 Å². The van der Waals surface area contributed by atoms with Crippen LogP contribution < -0.4 is 5.32 Å². The van der Waals surface area contributed by atoms with Crippen LogP contribution in [-0.2, 0) is 7.05 Å². The molecule has 2 nitrogen and oxygen atoms in total. The van der Waals surface area contributed by atoms with Crippen molar-refractivity contribution < 1.29 is 0 Å². The number of benzene rings is 3. The van der Waals surface area contributed by atoms with E-state index < -0.39 is 0 Å². The van der Waals surface area contributed by atoms with Gasteiger partial charge in [0.25, 0.3) is 0 Å². The summed E-state index contributed by atoms with van der Waals surface area (Å²) in [4.78, 5) is 0. The Morgan fingerprint density at radius 2 is 1.61 bits per heavy atom. The lowest BCUT2D eigenvalue weighted by Crippen LogP contribution is -1.97. The quantitative estimate of drug-likeness (QED) is 0.512. The van der Waals surface area contributed by atoms with Crippen molar-refractivity contribution in [3.63, 3.8) is 0 Å². The first kappa shape index (κ1) is 13.6. The van der Waals surface area contributed by atoms with E-state index in [4.69, 9.17) is 0 Å². The molecule has 0 atom stereocenters. The van der Waals surface area contributed by atoms with Crippen LogP contribution in [0.15, 0.2) is 73.3 Å². The number of rotatable bonds is 3. The monoisotopic (exact) mass is 298 g/mol. The fraction of sp³-hybridized carbons (Fsp3) is 0.0476. The van der Waals surface area contributed by atoms with Gasteiger partial charge in [0.1, 0.15) is 0 Å². The molecule has 0 fully saturated rings. The lowest BCUT2D eigenvalue weighted by Gasteiger charge is -2.13. The van der Waals surface area contributed by atoms with Gasteiger partial charge in [0.2, 0.25) is 0 Å². The number of fused-ring (bicyclic) bond motifs is 3. The molecule has 0 aliphatic heterocycles. The largest absolute Gasteiger partial charge is 0.353 e. The maximum Gasteiger partial charge on any atom is 0.0734 e. The molecule has 0 aliphatic rings. The van der Waals surface area contributed by atoms with E-state index in [0.717, 1.165) is 16.9 Å². The van der Waals surface area contributed by atoms with E-state index in [-0.39, 0.29) is 0 Å². The third-order valence-corrected chi connectivity index (χ3v) is 4.36. The number of anilines is 2. The van der Waals surface area contributed by atoms with Crippen LogP contribution >= 0.6 is 0 Å². The lowest BCUT2D eigenvalue weighted by atomic mass is 10.1. The Bertz CT molecular complexity index is 1010. The van der Waals surface area contributed by atoms with Crippen LogP contribution in [-0.4, -0.2) is 4.57 Å². The van der Waals surface area contributed by atoms with Crippen LogP contribution in [0.5, 0.6) is 0 Å². The molecule has 4 rings (SSSR count). The Kier molecular flexibility index (Phi) is 3.16. The molecule has 0 aliphatic carbocycles. The molecule has 112 valence electrons. The number of nitrogens with one attached hydrogen (secondary N) is 1. The van der Waals surface area contributed by atoms with Gasteiger partial charge in [0.05, 0.1) is 11.2 Å². The third kappa shape index (κ3) is 2.11. The molecule has 3 aromatic carbocycles. The van der Waals surface area contributed by atoms with E-state index in [1.807, 2.05) is 24.3 Å². The Morgan fingerprint density at radius 3 is 2.39 bits per heavy atom. The predicted octanol–water partition coefficient (Wildman–Crippen LogP) is 5.72. The molecule has 0 amide bonds. The molecule has 0 saturated heterocycles. The Morgan fingerprint density at radius 1 is 0.870 bits per heavy atom. The van der Waals surface area contributed by atoms with Crippen molar-refractivity contribution in [1.29, 1.82) is 0 Å². The average molecular weight is 298 g/mol. The second-order valence-corrected chi connectivity index (χ2v) is 5.70. The second kappa shape index (κ2) is 5.33. The summed E-state index contributed by atoms with van der Waals surface area (Å²) in [7, 11) is 2.12. The SMILES string of the molecule is C=Cc1ccc2c3ccccc3n(C)c2c1Nc1ccccc1. The smallest absolute Gasteiger partial charge is 0.0734 e. The van der Waals surface area contributed by atoms with Gasteiger partial charge in [-0.25, -0.2) is 0 Å². The molecule has 0 unspecified atom stereocenters. The first-order chi connectivity index (χ1) is 11.3. The molecule has 0 radical (unpaired) electrons. The standard InChI is InChI=1S/C21H18N2/c1-3-15-13-14-18-17-11-7-8-12-19(17)23(2)21(18)20(15)22-16-9-5-4-6-10-16/h3-14,22H,1H2,2H3. The minimum Gasteiger partial charge on any atom is -0.353 e. The summed E-state index contributed by atoms with van der Waals surface area (Å²) in [6.07, 6.45) is 1.91. The van der Waals surface area contributed by atoms with Crippen LogP contribution in [0.4, 0.5) is 11.4 Å². The van der Waals surface area contributed by atoms with Gasteiger partial charge in [-0.2, -0.15) is 0 Å². The highest BCUT2D eigenvalue weighted by Gasteiger charge is 2.14. The number of para-hydroxylation sites is 2. The van der Waals surface area contributed by atoms with E-state index in [1.54, 1.807) is 0 Å². The lowest BCUT2D eigenvalue weighted by molar-refractivity contribution is 1.01. The van der Waals surface area contributed by atoms with Crippen LogP contribution in [0.3, 0.4) is 0 Å². The van der Waals surface area contributed by atoms with Crippen LogP contribution in [0, 0.1) is 0 Å². The fourth-order valence-corrected chi connectivity index (χ4v) is 3.25. The highest BCUT2D eigenvalue weighted by Crippen LogP contribution is 2.36. The Balaban J connectivity index is 2.06. The number of nitrogens with zero attached hydrogens (tertiary/aromatic N) is 1. The van der Waals surface area contributed by atoms with Gasteiger partial charge in [0.15, 0.2) is 0 Å². The molecular formula is C21H18N2. The normalized spacial score (nSPS) is 11.0. The summed E-state index contributed by atoms with van der Waals surface area (Å²) in [5.41, 5.74) is 5.72. The molecule has 0 spiro atoms. The second-order valence-electron chi connectivity index (χ2n) is 5.70. The molecule has 1 aromatic heterocycles. The van der Waals surface area contributed by atoms with Crippen LogP contribution in [0.25, 0.3) is 27.9 Å². The van der Waals surface area contributed by atoms with Crippen molar-refractivity contribution in [3.05, 3.63) is 78.9 Å². The van der Waals surface area contributed by atoms with Gasteiger partial charge in [-0.15, -0.1) is 0 Å². The topological polar surface area (TPSA) is 17.0 Å². The van der Waals surface area contributed by atoms with E-state index in [1.165, 1.54) is 21.8 Å². The van der Waals surface area contributed by atoms with E-state index in [0.29, 0.717) is 0 Å². The molecule has 1 heterocycles. The minimum atomic E-state index is 1.08. The van der Waals surface area contributed by atoms with Crippen molar-refractivity contribution in [2.24, 2.45) is 7.05 Å². The summed E-state index contributed by atoms with van der Waals surface area (Å²) in [5, 5.41) is 6.11. The zero-order chi connectivity index (χ0) is 15.8. The van der Waals surface area contributed by atoms with Gasteiger partial charge in [-0.3, -0.25) is 0 Å². The average Bonchev–Trinajstić information content (AvgIpc) is 2.90. The molecule has 23 heavy (non-hydrogen) atoms. The molecule has 0 saturated carbocycles. The molecule has 4 aromatic rings. The number of aryl methyl sites for hydroxylation is 1. The predicted molar refractivity (Wildman–Crippen MR) is 100 cm³/mol. The van der Waals surface area contributed by atoms with E-state index in [2.05, 4.69) is 72.0 Å². The summed E-state index contributed by atoms with van der Waals surface area (Å²) in [5.74, 6) is 0.